The topological polar surface area (TPSA) is 17.1 Å². The highest BCUT2D eigenvalue weighted by molar-refractivity contribution is 6.15. The maximum atomic E-state index is 12.1. The van der Waals surface area contributed by atoms with Gasteiger partial charge in [-0.05, 0) is 22.3 Å². The molecule has 0 aliphatic heterocycles. The third-order valence-electron chi connectivity index (χ3n) is 3.77. The third kappa shape index (κ3) is 1.60. The quantitative estimate of drug-likeness (QED) is 0.519. The van der Waals surface area contributed by atoms with E-state index in [0.29, 0.717) is 0 Å². The summed E-state index contributed by atoms with van der Waals surface area (Å²) < 4.78 is 0. The van der Waals surface area contributed by atoms with Crippen LogP contribution in [0.2, 0.25) is 0 Å². The predicted octanol–water partition coefficient (Wildman–Crippen LogP) is 4.41. The van der Waals surface area contributed by atoms with Crippen LogP contribution in [0.25, 0.3) is 33.0 Å². The molecule has 4 aromatic rings. The second-order valence-corrected chi connectivity index (χ2v) is 4.97. The normalized spacial score (nSPS) is 11.2. The number of rotatable bonds is 2. The molecule has 0 unspecified atom stereocenters. The van der Waals surface area contributed by atoms with E-state index < -0.39 is 0 Å². The van der Waals surface area contributed by atoms with E-state index in [4.69, 9.17) is 0 Å². The lowest BCUT2D eigenvalue weighted by atomic mass is 10.0. The van der Waals surface area contributed by atoms with E-state index in [1.54, 1.807) is 0 Å². The zero-order valence-electron chi connectivity index (χ0n) is 10.8. The first kappa shape index (κ1) is 11.2. The van der Waals surface area contributed by atoms with Crippen LogP contribution < -0.4 is 5.43 Å². The predicted molar refractivity (Wildman–Crippen MR) is 83.5 cm³/mol. The Kier molecular flexibility index (Phi) is 2.33. The molecule has 0 amide bonds. The molecule has 0 N–H and O–H groups in total. The van der Waals surface area contributed by atoms with Crippen molar-refractivity contribution in [3.8, 4) is 22.3 Å². The third-order valence-corrected chi connectivity index (χ3v) is 3.77. The summed E-state index contributed by atoms with van der Waals surface area (Å²) in [6, 6.07) is 24.3. The zero-order chi connectivity index (χ0) is 13.5. The highest BCUT2D eigenvalue weighted by Gasteiger charge is 2.22. The van der Waals surface area contributed by atoms with E-state index in [-0.39, 0.29) is 5.43 Å². The van der Waals surface area contributed by atoms with Crippen molar-refractivity contribution in [3.63, 3.8) is 0 Å². The van der Waals surface area contributed by atoms with Crippen molar-refractivity contribution >= 4 is 10.8 Å². The molecule has 4 aromatic carbocycles. The van der Waals surface area contributed by atoms with Crippen molar-refractivity contribution in [1.29, 1.82) is 0 Å². The van der Waals surface area contributed by atoms with Gasteiger partial charge in [0, 0.05) is 10.8 Å². The van der Waals surface area contributed by atoms with Crippen molar-refractivity contribution in [2.45, 2.75) is 0 Å². The van der Waals surface area contributed by atoms with E-state index in [2.05, 4.69) is 12.1 Å². The Bertz CT molecular complexity index is 821. The lowest BCUT2D eigenvalue weighted by Crippen LogP contribution is -1.77. The Labute approximate surface area is 116 Å². The van der Waals surface area contributed by atoms with Gasteiger partial charge >= 0.3 is 0 Å². The summed E-state index contributed by atoms with van der Waals surface area (Å²) in [5, 5.41) is 1.77. The molecule has 20 heavy (non-hydrogen) atoms. The van der Waals surface area contributed by atoms with E-state index in [1.807, 2.05) is 60.7 Å². The molecule has 0 saturated carbocycles. The summed E-state index contributed by atoms with van der Waals surface area (Å²) in [7, 11) is 0. The maximum Gasteiger partial charge on any atom is 0.195 e. The molecule has 0 bridgehead atoms. The lowest BCUT2D eigenvalue weighted by molar-refractivity contribution is 1.65. The van der Waals surface area contributed by atoms with Gasteiger partial charge in [0.05, 0.1) is 0 Å². The van der Waals surface area contributed by atoms with E-state index in [1.165, 1.54) is 0 Å². The van der Waals surface area contributed by atoms with Crippen molar-refractivity contribution in [3.05, 3.63) is 83.0 Å². The Hall–Kier alpha value is -2.67. The van der Waals surface area contributed by atoms with Crippen LogP contribution in [-0.2, 0) is 0 Å². The summed E-state index contributed by atoms with van der Waals surface area (Å²) >= 11 is 0. The van der Waals surface area contributed by atoms with Gasteiger partial charge in [0.2, 0.25) is 0 Å². The van der Waals surface area contributed by atoms with Crippen LogP contribution in [0, 0.1) is 0 Å². The maximum absolute atomic E-state index is 12.1. The molecule has 0 saturated heterocycles. The van der Waals surface area contributed by atoms with Gasteiger partial charge in [-0.1, -0.05) is 72.8 Å². The van der Waals surface area contributed by atoms with Gasteiger partial charge in [0.15, 0.2) is 5.43 Å². The number of benzene rings is 3. The summed E-state index contributed by atoms with van der Waals surface area (Å²) in [5.41, 5.74) is 4.49. The highest BCUT2D eigenvalue weighted by Crippen LogP contribution is 2.36. The number of fused-ring (bicyclic) bond motifs is 1. The fourth-order valence-corrected chi connectivity index (χ4v) is 2.73. The van der Waals surface area contributed by atoms with Crippen LogP contribution in [0.15, 0.2) is 77.6 Å². The molecule has 0 aromatic heterocycles. The fourth-order valence-electron chi connectivity index (χ4n) is 2.73. The minimum atomic E-state index is 0.188. The molecule has 0 aliphatic carbocycles. The molecule has 0 fully saturated rings. The average Bonchev–Trinajstić information content (AvgIpc) is 3.20. The van der Waals surface area contributed by atoms with Crippen LogP contribution in [0.4, 0.5) is 0 Å². The van der Waals surface area contributed by atoms with Gasteiger partial charge < -0.3 is 0 Å². The fraction of sp³-hybridized carbons (Fsp3) is 0. The van der Waals surface area contributed by atoms with Crippen LogP contribution in [0.1, 0.15) is 0 Å². The van der Waals surface area contributed by atoms with Gasteiger partial charge in [0.1, 0.15) is 0 Å². The summed E-state index contributed by atoms with van der Waals surface area (Å²) in [6.07, 6.45) is 0. The summed E-state index contributed by atoms with van der Waals surface area (Å²) in [5.74, 6) is 0. The SMILES string of the molecule is O=c1c2c(-c3ccccc3)ccc(-c3ccccc3)c12. The van der Waals surface area contributed by atoms with E-state index in [9.17, 15) is 4.79 Å². The molecule has 0 atom stereocenters. The molecule has 1 nitrogen and oxygen atoms in total. The standard InChI is InChI=1S/C19H12O/c20-19-17-15(13-7-3-1-4-8-13)11-12-16(18(17)19)14-9-5-2-6-10-14/h1-12H. The van der Waals surface area contributed by atoms with Gasteiger partial charge in [-0.3, -0.25) is 4.79 Å². The smallest absolute Gasteiger partial charge is 0.195 e. The summed E-state index contributed by atoms with van der Waals surface area (Å²) in [4.78, 5) is 12.1. The second kappa shape index (κ2) is 4.17. The second-order valence-electron chi connectivity index (χ2n) is 4.97. The highest BCUT2D eigenvalue weighted by atomic mass is 16.1. The molecule has 0 radical (unpaired) electrons. The Balaban J connectivity index is 1.92. The zero-order valence-corrected chi connectivity index (χ0v) is 10.8. The Morgan fingerprint density at radius 2 is 0.900 bits per heavy atom. The molecule has 0 heterocycles. The first-order valence-electron chi connectivity index (χ1n) is 6.69. The summed E-state index contributed by atoms with van der Waals surface area (Å²) in [6.45, 7) is 0. The van der Waals surface area contributed by atoms with Crippen LogP contribution >= 0.6 is 0 Å². The van der Waals surface area contributed by atoms with Gasteiger partial charge in [-0.15, -0.1) is 0 Å². The first-order valence-corrected chi connectivity index (χ1v) is 6.69. The number of hydrogen-bond donors (Lipinski definition) is 0. The molecule has 94 valence electrons. The van der Waals surface area contributed by atoms with Crippen LogP contribution in [0.3, 0.4) is 0 Å². The minimum absolute atomic E-state index is 0.188. The van der Waals surface area contributed by atoms with Crippen molar-refractivity contribution < 1.29 is 0 Å². The van der Waals surface area contributed by atoms with E-state index >= 15 is 0 Å². The molecule has 0 spiro atoms. The van der Waals surface area contributed by atoms with Crippen molar-refractivity contribution in [2.24, 2.45) is 0 Å². The van der Waals surface area contributed by atoms with Gasteiger partial charge in [-0.25, -0.2) is 0 Å². The lowest BCUT2D eigenvalue weighted by Gasteiger charge is -2.03. The molecule has 4 rings (SSSR count). The molecular weight excluding hydrogens is 244 g/mol. The van der Waals surface area contributed by atoms with Crippen molar-refractivity contribution in [2.75, 3.05) is 0 Å². The van der Waals surface area contributed by atoms with Crippen LogP contribution in [-0.4, -0.2) is 0 Å². The van der Waals surface area contributed by atoms with Crippen LogP contribution in [0.5, 0.6) is 0 Å². The molecule has 0 aliphatic rings. The first-order chi connectivity index (χ1) is 9.86. The van der Waals surface area contributed by atoms with Gasteiger partial charge in [-0.2, -0.15) is 0 Å². The van der Waals surface area contributed by atoms with Crippen molar-refractivity contribution in [1.82, 2.24) is 0 Å². The molecule has 1 heteroatoms. The largest absolute Gasteiger partial charge is 0.289 e. The minimum Gasteiger partial charge on any atom is -0.289 e. The Morgan fingerprint density at radius 1 is 0.500 bits per heavy atom. The Morgan fingerprint density at radius 3 is 1.30 bits per heavy atom. The van der Waals surface area contributed by atoms with E-state index in [0.717, 1.165) is 33.0 Å². The molecular formula is C19H12O. The monoisotopic (exact) mass is 256 g/mol. The average molecular weight is 256 g/mol. The van der Waals surface area contributed by atoms with Gasteiger partial charge in [0.25, 0.3) is 0 Å². The number of hydrogen-bond acceptors (Lipinski definition) is 1.